The maximum absolute atomic E-state index is 13.2. The van der Waals surface area contributed by atoms with Crippen LogP contribution in [0.4, 0.5) is 4.39 Å². The maximum Gasteiger partial charge on any atom is 0.123 e. The van der Waals surface area contributed by atoms with E-state index in [1.54, 1.807) is 13.2 Å². The largest absolute Gasteiger partial charge is 0.496 e. The standard InChI is InChI=1S/C16H18FNO2/c1-20-16-8-7-14(17)9-13(16)10-18-11-15(19)12-5-3-2-4-6-12/h2-9,15,18-19H,10-11H2,1H3. The zero-order valence-electron chi connectivity index (χ0n) is 11.3. The molecule has 0 spiro atoms. The Bertz CT molecular complexity index is 545. The van der Waals surface area contributed by atoms with Crippen LogP contribution >= 0.6 is 0 Å². The quantitative estimate of drug-likeness (QED) is 0.851. The predicted molar refractivity (Wildman–Crippen MR) is 76.1 cm³/mol. The smallest absolute Gasteiger partial charge is 0.123 e. The van der Waals surface area contributed by atoms with E-state index in [2.05, 4.69) is 5.32 Å². The lowest BCUT2D eigenvalue weighted by atomic mass is 10.1. The van der Waals surface area contributed by atoms with Gasteiger partial charge in [-0.2, -0.15) is 0 Å². The molecule has 20 heavy (non-hydrogen) atoms. The van der Waals surface area contributed by atoms with Gasteiger partial charge in [0.05, 0.1) is 13.2 Å². The molecule has 106 valence electrons. The molecule has 0 aromatic heterocycles. The Morgan fingerprint density at radius 2 is 1.95 bits per heavy atom. The summed E-state index contributed by atoms with van der Waals surface area (Å²) < 4.78 is 18.4. The van der Waals surface area contributed by atoms with Crippen LogP contribution in [0.2, 0.25) is 0 Å². The van der Waals surface area contributed by atoms with Crippen molar-refractivity contribution in [1.82, 2.24) is 5.32 Å². The molecule has 2 rings (SSSR count). The van der Waals surface area contributed by atoms with E-state index in [1.165, 1.54) is 12.1 Å². The highest BCUT2D eigenvalue weighted by Gasteiger charge is 2.08. The van der Waals surface area contributed by atoms with Gasteiger partial charge in [0.1, 0.15) is 11.6 Å². The Hall–Kier alpha value is -1.91. The molecule has 0 saturated heterocycles. The summed E-state index contributed by atoms with van der Waals surface area (Å²) in [6.45, 7) is 0.828. The molecule has 2 aromatic rings. The lowest BCUT2D eigenvalue weighted by Gasteiger charge is -2.13. The van der Waals surface area contributed by atoms with Gasteiger partial charge in [0, 0.05) is 18.7 Å². The first-order valence-electron chi connectivity index (χ1n) is 6.47. The van der Waals surface area contributed by atoms with Crippen molar-refractivity contribution in [2.24, 2.45) is 0 Å². The molecule has 0 heterocycles. The molecule has 0 aliphatic heterocycles. The van der Waals surface area contributed by atoms with E-state index in [0.717, 1.165) is 11.1 Å². The van der Waals surface area contributed by atoms with E-state index in [0.29, 0.717) is 18.8 Å². The van der Waals surface area contributed by atoms with Crippen LogP contribution in [-0.2, 0) is 6.54 Å². The highest BCUT2D eigenvalue weighted by Crippen LogP contribution is 2.19. The number of halogens is 1. The first-order chi connectivity index (χ1) is 9.70. The highest BCUT2D eigenvalue weighted by atomic mass is 19.1. The minimum Gasteiger partial charge on any atom is -0.496 e. The number of hydrogen-bond donors (Lipinski definition) is 2. The minimum absolute atomic E-state index is 0.300. The van der Waals surface area contributed by atoms with Gasteiger partial charge in [-0.1, -0.05) is 30.3 Å². The van der Waals surface area contributed by atoms with Gasteiger partial charge in [0.2, 0.25) is 0 Å². The van der Waals surface area contributed by atoms with Gasteiger partial charge in [-0.3, -0.25) is 0 Å². The fourth-order valence-corrected chi connectivity index (χ4v) is 2.02. The fraction of sp³-hybridized carbons (Fsp3) is 0.250. The second-order valence-electron chi connectivity index (χ2n) is 4.51. The number of ether oxygens (including phenoxy) is 1. The zero-order chi connectivity index (χ0) is 14.4. The summed E-state index contributed by atoms with van der Waals surface area (Å²) in [5.74, 6) is 0.333. The van der Waals surface area contributed by atoms with Gasteiger partial charge < -0.3 is 15.2 Å². The molecule has 0 amide bonds. The van der Waals surface area contributed by atoms with Crippen molar-refractivity contribution in [1.29, 1.82) is 0 Å². The van der Waals surface area contributed by atoms with Crippen LogP contribution in [0.25, 0.3) is 0 Å². The third-order valence-electron chi connectivity index (χ3n) is 3.08. The van der Waals surface area contributed by atoms with Gasteiger partial charge >= 0.3 is 0 Å². The average Bonchev–Trinajstić information content (AvgIpc) is 2.48. The second-order valence-corrected chi connectivity index (χ2v) is 4.51. The first kappa shape index (κ1) is 14.5. The normalized spacial score (nSPS) is 12.2. The van der Waals surface area contributed by atoms with Gasteiger partial charge in [-0.15, -0.1) is 0 Å². The zero-order valence-corrected chi connectivity index (χ0v) is 11.3. The third-order valence-corrected chi connectivity index (χ3v) is 3.08. The maximum atomic E-state index is 13.2. The number of methoxy groups -OCH3 is 1. The number of rotatable bonds is 6. The number of benzene rings is 2. The number of aliphatic hydroxyl groups excluding tert-OH is 1. The van der Waals surface area contributed by atoms with E-state index in [4.69, 9.17) is 4.74 Å². The summed E-state index contributed by atoms with van der Waals surface area (Å²) in [6, 6.07) is 13.8. The van der Waals surface area contributed by atoms with Crippen LogP contribution in [0.15, 0.2) is 48.5 Å². The molecule has 1 unspecified atom stereocenters. The molecule has 1 atom stereocenters. The van der Waals surface area contributed by atoms with E-state index >= 15 is 0 Å². The van der Waals surface area contributed by atoms with E-state index in [-0.39, 0.29) is 5.82 Å². The topological polar surface area (TPSA) is 41.5 Å². The Morgan fingerprint density at radius 1 is 1.20 bits per heavy atom. The van der Waals surface area contributed by atoms with E-state index < -0.39 is 6.10 Å². The van der Waals surface area contributed by atoms with Crippen LogP contribution in [0.5, 0.6) is 5.75 Å². The van der Waals surface area contributed by atoms with Gasteiger partial charge in [0.25, 0.3) is 0 Å². The Labute approximate surface area is 118 Å². The van der Waals surface area contributed by atoms with Crippen molar-refractivity contribution in [2.45, 2.75) is 12.6 Å². The number of aliphatic hydroxyl groups is 1. The van der Waals surface area contributed by atoms with Crippen LogP contribution in [-0.4, -0.2) is 18.8 Å². The molecule has 3 nitrogen and oxygen atoms in total. The highest BCUT2D eigenvalue weighted by molar-refractivity contribution is 5.33. The van der Waals surface area contributed by atoms with Gasteiger partial charge in [-0.05, 0) is 23.8 Å². The molecule has 4 heteroatoms. The lowest BCUT2D eigenvalue weighted by molar-refractivity contribution is 0.174. The molecular weight excluding hydrogens is 257 g/mol. The van der Waals surface area contributed by atoms with Crippen LogP contribution in [0.1, 0.15) is 17.2 Å². The van der Waals surface area contributed by atoms with Crippen LogP contribution in [0, 0.1) is 5.82 Å². The molecule has 0 saturated carbocycles. The molecule has 0 aliphatic rings. The number of hydrogen-bond acceptors (Lipinski definition) is 3. The molecule has 2 N–H and O–H groups in total. The summed E-state index contributed by atoms with van der Waals surface area (Å²) in [5.41, 5.74) is 1.58. The first-order valence-corrected chi connectivity index (χ1v) is 6.47. The van der Waals surface area contributed by atoms with Crippen molar-refractivity contribution in [3.8, 4) is 5.75 Å². The van der Waals surface area contributed by atoms with Gasteiger partial charge in [-0.25, -0.2) is 4.39 Å². The lowest BCUT2D eigenvalue weighted by Crippen LogP contribution is -2.21. The molecule has 2 aromatic carbocycles. The van der Waals surface area contributed by atoms with Crippen LogP contribution in [0.3, 0.4) is 0 Å². The molecule has 0 radical (unpaired) electrons. The predicted octanol–water partition coefficient (Wildman–Crippen LogP) is 2.66. The Kier molecular flexibility index (Phi) is 5.09. The third kappa shape index (κ3) is 3.79. The monoisotopic (exact) mass is 275 g/mol. The van der Waals surface area contributed by atoms with Crippen molar-refractivity contribution < 1.29 is 14.2 Å². The Balaban J connectivity index is 1.91. The summed E-state index contributed by atoms with van der Waals surface area (Å²) in [7, 11) is 1.55. The summed E-state index contributed by atoms with van der Waals surface area (Å²) in [4.78, 5) is 0. The SMILES string of the molecule is COc1ccc(F)cc1CNCC(O)c1ccccc1. The minimum atomic E-state index is -0.587. The number of nitrogens with one attached hydrogen (secondary N) is 1. The summed E-state index contributed by atoms with van der Waals surface area (Å²) >= 11 is 0. The van der Waals surface area contributed by atoms with Gasteiger partial charge in [0.15, 0.2) is 0 Å². The molecular formula is C16H18FNO2. The van der Waals surface area contributed by atoms with Crippen molar-refractivity contribution in [3.63, 3.8) is 0 Å². The summed E-state index contributed by atoms with van der Waals surface area (Å²) in [6.07, 6.45) is -0.587. The second kappa shape index (κ2) is 7.03. The summed E-state index contributed by atoms with van der Waals surface area (Å²) in [5, 5.41) is 13.1. The Morgan fingerprint density at radius 3 is 2.65 bits per heavy atom. The van der Waals surface area contributed by atoms with E-state index in [9.17, 15) is 9.50 Å². The van der Waals surface area contributed by atoms with E-state index in [1.807, 2.05) is 30.3 Å². The molecule has 0 bridgehead atoms. The molecule has 0 fully saturated rings. The molecule has 0 aliphatic carbocycles. The average molecular weight is 275 g/mol. The fourth-order valence-electron chi connectivity index (χ4n) is 2.02. The van der Waals surface area contributed by atoms with Crippen LogP contribution < -0.4 is 10.1 Å². The van der Waals surface area contributed by atoms with Crippen molar-refractivity contribution >= 4 is 0 Å². The van der Waals surface area contributed by atoms with Crippen molar-refractivity contribution in [3.05, 3.63) is 65.5 Å². The van der Waals surface area contributed by atoms with Crippen molar-refractivity contribution in [2.75, 3.05) is 13.7 Å².